The lowest BCUT2D eigenvalue weighted by Gasteiger charge is -2.27. The van der Waals surface area contributed by atoms with E-state index < -0.39 is 0 Å². The number of aromatic nitrogens is 6. The summed E-state index contributed by atoms with van der Waals surface area (Å²) in [6, 6.07) is 18.4. The highest BCUT2D eigenvalue weighted by Gasteiger charge is 2.23. The standard InChI is InChI=1S/C20H19ClN4O3.C19H19ClN4O2/c21-17-4-2-1-3-15(17)16-9-12-10-22-20(25-18(12)24-19(16)27)23-13-5-7-14(8-6-13)28-11-26;20-16-4-2-1-3-14(16)15-9-11-10-21-19(24-17(11)23-18(15)26)22-12-5-7-13(25)8-6-12/h1-4,9-11,13-14H,5-8H2,(H2,22,23,24,25,27);1-4,9-10,12-13,25H,5-8H2,(H2,21,22,23,24,26). The first kappa shape index (κ1) is 37.0. The number of anilines is 2. The topological polar surface area (TPSA) is 188 Å². The van der Waals surface area contributed by atoms with Gasteiger partial charge in [-0.3, -0.25) is 14.4 Å². The molecule has 4 aromatic heterocycles. The summed E-state index contributed by atoms with van der Waals surface area (Å²) in [5.41, 5.74) is 2.79. The maximum atomic E-state index is 12.5. The van der Waals surface area contributed by atoms with Crippen molar-refractivity contribution in [2.24, 2.45) is 0 Å². The van der Waals surface area contributed by atoms with Crippen LogP contribution in [-0.2, 0) is 9.53 Å². The zero-order valence-corrected chi connectivity index (χ0v) is 30.6. The van der Waals surface area contributed by atoms with Gasteiger partial charge < -0.3 is 30.4 Å². The van der Waals surface area contributed by atoms with Gasteiger partial charge in [0.2, 0.25) is 11.9 Å². The summed E-state index contributed by atoms with van der Waals surface area (Å²) in [5.74, 6) is 0.952. The van der Waals surface area contributed by atoms with E-state index in [9.17, 15) is 19.5 Å². The summed E-state index contributed by atoms with van der Waals surface area (Å²) in [7, 11) is 0. The minimum atomic E-state index is -0.253. The fraction of sp³-hybridized carbons (Fsp3) is 0.308. The van der Waals surface area contributed by atoms with Gasteiger partial charge in [-0.25, -0.2) is 9.97 Å². The largest absolute Gasteiger partial charge is 0.465 e. The van der Waals surface area contributed by atoms with Gasteiger partial charge in [-0.2, -0.15) is 9.97 Å². The van der Waals surface area contributed by atoms with Crippen LogP contribution < -0.4 is 21.8 Å². The van der Waals surface area contributed by atoms with Gasteiger partial charge in [-0.05, 0) is 75.6 Å². The van der Waals surface area contributed by atoms with Crippen LogP contribution in [0.5, 0.6) is 0 Å². The van der Waals surface area contributed by atoms with E-state index in [-0.39, 0.29) is 35.4 Å². The van der Waals surface area contributed by atoms with E-state index in [4.69, 9.17) is 27.9 Å². The fourth-order valence-corrected chi connectivity index (χ4v) is 7.37. The number of aliphatic hydroxyl groups excluding tert-OH is 1. The summed E-state index contributed by atoms with van der Waals surface area (Å²) in [5, 5.41) is 18.7. The monoisotopic (exact) mass is 768 g/mol. The average Bonchev–Trinajstić information content (AvgIpc) is 3.17. The number of rotatable bonds is 8. The molecule has 278 valence electrons. The Kier molecular flexibility index (Phi) is 11.5. The van der Waals surface area contributed by atoms with Crippen molar-refractivity contribution in [3.63, 3.8) is 0 Å². The van der Waals surface area contributed by atoms with Gasteiger partial charge in [0, 0.05) is 67.5 Å². The number of aliphatic hydroxyl groups is 1. The molecule has 0 aliphatic heterocycles. The molecule has 0 bridgehead atoms. The Hall–Kier alpha value is -5.37. The highest BCUT2D eigenvalue weighted by Crippen LogP contribution is 2.29. The molecule has 0 saturated heterocycles. The SMILES string of the molecule is O=COC1CCC(Nc2ncc3cc(-c4ccccc4Cl)c(=O)[nH]c3n2)CC1.O=c1[nH]c2nc(NC3CCC(O)CC3)ncc2cc1-c1ccccc1Cl. The van der Waals surface area contributed by atoms with Crippen LogP contribution in [0.3, 0.4) is 0 Å². The maximum Gasteiger partial charge on any atom is 0.293 e. The van der Waals surface area contributed by atoms with Crippen molar-refractivity contribution in [2.45, 2.75) is 75.7 Å². The van der Waals surface area contributed by atoms with E-state index in [1.165, 1.54) is 0 Å². The molecule has 2 aromatic carbocycles. The number of carbonyl (C=O) groups excluding carboxylic acids is 1. The molecular weight excluding hydrogens is 731 g/mol. The van der Waals surface area contributed by atoms with E-state index in [1.54, 1.807) is 42.7 Å². The molecular formula is C39H38Cl2N8O5. The maximum absolute atomic E-state index is 12.5. The van der Waals surface area contributed by atoms with Gasteiger partial charge in [0.15, 0.2) is 0 Å². The molecule has 0 amide bonds. The van der Waals surface area contributed by atoms with E-state index in [1.807, 2.05) is 30.3 Å². The third kappa shape index (κ3) is 8.70. The van der Waals surface area contributed by atoms with Gasteiger partial charge in [0.25, 0.3) is 17.6 Å². The molecule has 54 heavy (non-hydrogen) atoms. The van der Waals surface area contributed by atoms with Crippen LogP contribution in [0.1, 0.15) is 51.4 Å². The normalized spacial score (nSPS) is 19.8. The molecule has 0 unspecified atom stereocenters. The predicted octanol–water partition coefficient (Wildman–Crippen LogP) is 6.89. The number of H-pyrrole nitrogens is 2. The molecule has 2 saturated carbocycles. The van der Waals surface area contributed by atoms with E-state index in [0.717, 1.165) is 62.1 Å². The number of pyridine rings is 2. The third-order valence-corrected chi connectivity index (χ3v) is 10.5. The number of nitrogens with one attached hydrogen (secondary N) is 4. The van der Waals surface area contributed by atoms with Crippen LogP contribution in [0.15, 0.2) is 82.6 Å². The molecule has 6 aromatic rings. The van der Waals surface area contributed by atoms with Crippen LogP contribution in [0.4, 0.5) is 11.9 Å². The predicted molar refractivity (Wildman–Crippen MR) is 210 cm³/mol. The highest BCUT2D eigenvalue weighted by atomic mass is 35.5. The Balaban J connectivity index is 0.000000167. The summed E-state index contributed by atoms with van der Waals surface area (Å²) in [6.07, 6.45) is 9.83. The minimum Gasteiger partial charge on any atom is -0.465 e. The molecule has 15 heteroatoms. The lowest BCUT2D eigenvalue weighted by molar-refractivity contribution is -0.134. The number of fused-ring (bicyclic) bond motifs is 2. The molecule has 0 spiro atoms. The summed E-state index contributed by atoms with van der Waals surface area (Å²) >= 11 is 12.4. The number of benzene rings is 2. The van der Waals surface area contributed by atoms with Crippen molar-refractivity contribution in [3.05, 3.63) is 104 Å². The molecule has 2 aliphatic carbocycles. The second-order valence-electron chi connectivity index (χ2n) is 13.5. The molecule has 5 N–H and O–H groups in total. The average molecular weight is 770 g/mol. The Morgan fingerprint density at radius 2 is 1.11 bits per heavy atom. The number of aromatic amines is 2. The number of hydrogen-bond donors (Lipinski definition) is 5. The minimum absolute atomic E-state index is 0.00680. The molecule has 8 rings (SSSR count). The Labute approximate surface area is 319 Å². The summed E-state index contributed by atoms with van der Waals surface area (Å²) in [4.78, 5) is 58.8. The molecule has 13 nitrogen and oxygen atoms in total. The molecule has 0 radical (unpaired) electrons. The first-order chi connectivity index (χ1) is 26.2. The van der Waals surface area contributed by atoms with Crippen molar-refractivity contribution >= 4 is 63.6 Å². The smallest absolute Gasteiger partial charge is 0.293 e. The second-order valence-corrected chi connectivity index (χ2v) is 14.3. The summed E-state index contributed by atoms with van der Waals surface area (Å²) < 4.78 is 5.02. The number of nitrogens with zero attached hydrogens (tertiary/aromatic N) is 4. The zero-order chi connectivity index (χ0) is 37.6. The van der Waals surface area contributed by atoms with Crippen molar-refractivity contribution in [1.29, 1.82) is 0 Å². The zero-order valence-electron chi connectivity index (χ0n) is 29.1. The third-order valence-electron chi connectivity index (χ3n) is 9.80. The Morgan fingerprint density at radius 1 is 0.667 bits per heavy atom. The van der Waals surface area contributed by atoms with Crippen LogP contribution >= 0.6 is 23.2 Å². The first-order valence-corrected chi connectivity index (χ1v) is 18.6. The van der Waals surface area contributed by atoms with Crippen molar-refractivity contribution in [2.75, 3.05) is 10.6 Å². The quantitative estimate of drug-likeness (QED) is 0.102. The van der Waals surface area contributed by atoms with Gasteiger partial charge in [0.05, 0.1) is 6.10 Å². The van der Waals surface area contributed by atoms with Gasteiger partial charge in [-0.15, -0.1) is 0 Å². The molecule has 0 atom stereocenters. The molecule has 4 heterocycles. The van der Waals surface area contributed by atoms with Crippen LogP contribution in [0.25, 0.3) is 44.3 Å². The van der Waals surface area contributed by atoms with Gasteiger partial charge >= 0.3 is 0 Å². The van der Waals surface area contributed by atoms with Gasteiger partial charge in [-0.1, -0.05) is 59.6 Å². The number of hydrogen-bond acceptors (Lipinski definition) is 11. The van der Waals surface area contributed by atoms with Crippen LogP contribution in [0, 0.1) is 0 Å². The first-order valence-electron chi connectivity index (χ1n) is 17.8. The Morgan fingerprint density at radius 3 is 1.56 bits per heavy atom. The van der Waals surface area contributed by atoms with Crippen molar-refractivity contribution in [1.82, 2.24) is 29.9 Å². The molecule has 2 aliphatic rings. The van der Waals surface area contributed by atoms with E-state index in [0.29, 0.717) is 62.0 Å². The lowest BCUT2D eigenvalue weighted by Crippen LogP contribution is -2.30. The van der Waals surface area contributed by atoms with E-state index in [2.05, 4.69) is 40.5 Å². The fourth-order valence-electron chi connectivity index (χ4n) is 6.89. The highest BCUT2D eigenvalue weighted by molar-refractivity contribution is 6.33. The number of ether oxygens (including phenoxy) is 1. The lowest BCUT2D eigenvalue weighted by atomic mass is 9.93. The van der Waals surface area contributed by atoms with Crippen molar-refractivity contribution < 1.29 is 14.6 Å². The Bertz CT molecular complexity index is 2390. The number of carbonyl (C=O) groups is 1. The van der Waals surface area contributed by atoms with Gasteiger partial charge in [0.1, 0.15) is 17.4 Å². The van der Waals surface area contributed by atoms with Crippen molar-refractivity contribution in [3.8, 4) is 22.3 Å². The number of halogens is 2. The van der Waals surface area contributed by atoms with E-state index >= 15 is 0 Å². The second kappa shape index (κ2) is 16.8. The molecule has 2 fully saturated rings. The summed E-state index contributed by atoms with van der Waals surface area (Å²) in [6.45, 7) is 0.512. The van der Waals surface area contributed by atoms with Crippen LogP contribution in [0.2, 0.25) is 10.0 Å². The van der Waals surface area contributed by atoms with Crippen LogP contribution in [-0.4, -0.2) is 65.8 Å².